The van der Waals surface area contributed by atoms with Gasteiger partial charge in [0.2, 0.25) is 11.7 Å². The fourth-order valence-electron chi connectivity index (χ4n) is 3.22. The van der Waals surface area contributed by atoms with Gasteiger partial charge in [-0.15, -0.1) is 10.2 Å². The molecule has 0 saturated carbocycles. The fraction of sp³-hybridized carbons (Fsp3) is 0.263. The van der Waals surface area contributed by atoms with Crippen LogP contribution in [0.3, 0.4) is 0 Å². The maximum absolute atomic E-state index is 12.6. The topological polar surface area (TPSA) is 92.9 Å². The van der Waals surface area contributed by atoms with Crippen molar-refractivity contribution in [3.05, 3.63) is 65.7 Å². The minimum Gasteiger partial charge on any atom is -0.390 e. The average Bonchev–Trinajstić information content (AvgIpc) is 3.27. The van der Waals surface area contributed by atoms with Crippen molar-refractivity contribution in [3.63, 3.8) is 0 Å². The summed E-state index contributed by atoms with van der Waals surface area (Å²) in [4.78, 5) is 13.9. The van der Waals surface area contributed by atoms with Gasteiger partial charge < -0.3 is 10.4 Å². The molecule has 3 aromatic rings. The highest BCUT2D eigenvalue weighted by atomic mass is 16.3. The molecule has 0 radical (unpaired) electrons. The normalized spacial score (nSPS) is 19.8. The number of rotatable bonds is 4. The first kappa shape index (κ1) is 16.4. The van der Waals surface area contributed by atoms with Crippen molar-refractivity contribution < 1.29 is 9.90 Å². The van der Waals surface area contributed by atoms with Crippen molar-refractivity contribution in [3.8, 4) is 11.4 Å². The number of aliphatic hydroxyl groups excluding tert-OH is 1. The standard InChI is InChI=1S/C19H19N5O2/c1-12(24-22-18(21-23-24)13-7-3-2-4-8-13)19(26)20-17-15-10-6-5-9-14(15)11-16(17)25/h2-10,12,16-17,25H,11H2,1H3,(H,20,26). The van der Waals surface area contributed by atoms with E-state index in [-0.39, 0.29) is 5.91 Å². The van der Waals surface area contributed by atoms with Crippen molar-refractivity contribution in [1.82, 2.24) is 25.5 Å². The van der Waals surface area contributed by atoms with Crippen molar-refractivity contribution in [2.45, 2.75) is 31.5 Å². The van der Waals surface area contributed by atoms with Crippen LogP contribution >= 0.6 is 0 Å². The van der Waals surface area contributed by atoms with Crippen LogP contribution in [0.2, 0.25) is 0 Å². The second-order valence-corrected chi connectivity index (χ2v) is 6.43. The van der Waals surface area contributed by atoms with Gasteiger partial charge in [0.1, 0.15) is 6.04 Å². The monoisotopic (exact) mass is 349 g/mol. The zero-order valence-electron chi connectivity index (χ0n) is 14.3. The van der Waals surface area contributed by atoms with Gasteiger partial charge in [0.15, 0.2) is 0 Å². The van der Waals surface area contributed by atoms with Crippen molar-refractivity contribution in [1.29, 1.82) is 0 Å². The van der Waals surface area contributed by atoms with Crippen LogP contribution in [0.5, 0.6) is 0 Å². The number of aliphatic hydroxyl groups is 1. The molecule has 3 unspecified atom stereocenters. The molecule has 2 aromatic carbocycles. The molecule has 0 bridgehead atoms. The predicted molar refractivity (Wildman–Crippen MR) is 95.0 cm³/mol. The van der Waals surface area contributed by atoms with Crippen LogP contribution in [0.4, 0.5) is 0 Å². The van der Waals surface area contributed by atoms with Gasteiger partial charge in [0, 0.05) is 12.0 Å². The van der Waals surface area contributed by atoms with Crippen LogP contribution in [0.15, 0.2) is 54.6 Å². The number of nitrogens with zero attached hydrogens (tertiary/aromatic N) is 4. The van der Waals surface area contributed by atoms with E-state index in [1.807, 2.05) is 54.6 Å². The molecular formula is C19H19N5O2. The highest BCUT2D eigenvalue weighted by molar-refractivity contribution is 5.80. The molecule has 0 spiro atoms. The fourth-order valence-corrected chi connectivity index (χ4v) is 3.22. The summed E-state index contributed by atoms with van der Waals surface area (Å²) in [5.41, 5.74) is 2.85. The van der Waals surface area contributed by atoms with Crippen LogP contribution in [0.1, 0.15) is 30.1 Å². The Hall–Kier alpha value is -3.06. The number of hydrogen-bond acceptors (Lipinski definition) is 5. The molecule has 2 N–H and O–H groups in total. The number of tetrazole rings is 1. The van der Waals surface area contributed by atoms with Gasteiger partial charge in [-0.1, -0.05) is 54.6 Å². The lowest BCUT2D eigenvalue weighted by molar-refractivity contribution is -0.126. The lowest BCUT2D eigenvalue weighted by Gasteiger charge is -2.20. The number of hydrogen-bond donors (Lipinski definition) is 2. The summed E-state index contributed by atoms with van der Waals surface area (Å²) in [5, 5.41) is 25.6. The average molecular weight is 349 g/mol. The van der Waals surface area contributed by atoms with Gasteiger partial charge in [0.05, 0.1) is 12.1 Å². The van der Waals surface area contributed by atoms with E-state index in [1.54, 1.807) is 6.92 Å². The molecule has 1 heterocycles. The van der Waals surface area contributed by atoms with Gasteiger partial charge >= 0.3 is 0 Å². The molecule has 132 valence electrons. The van der Waals surface area contributed by atoms with Crippen LogP contribution in [-0.2, 0) is 11.2 Å². The molecule has 1 amide bonds. The first-order valence-electron chi connectivity index (χ1n) is 8.54. The zero-order chi connectivity index (χ0) is 18.1. The Balaban J connectivity index is 1.50. The Morgan fingerprint density at radius 1 is 1.19 bits per heavy atom. The third kappa shape index (κ3) is 2.97. The highest BCUT2D eigenvalue weighted by Crippen LogP contribution is 2.31. The molecule has 1 aliphatic rings. The first-order valence-corrected chi connectivity index (χ1v) is 8.54. The summed E-state index contributed by atoms with van der Waals surface area (Å²) in [6, 6.07) is 16.2. The van der Waals surface area contributed by atoms with Crippen LogP contribution < -0.4 is 5.32 Å². The second-order valence-electron chi connectivity index (χ2n) is 6.43. The van der Waals surface area contributed by atoms with E-state index in [0.29, 0.717) is 12.2 Å². The quantitative estimate of drug-likeness (QED) is 0.747. The number of nitrogens with one attached hydrogen (secondary N) is 1. The van der Waals surface area contributed by atoms with Crippen molar-refractivity contribution in [2.75, 3.05) is 0 Å². The minimum absolute atomic E-state index is 0.261. The number of benzene rings is 2. The molecule has 7 heteroatoms. The van der Waals surface area contributed by atoms with Gasteiger partial charge in [-0.2, -0.15) is 4.80 Å². The Bertz CT molecular complexity index is 924. The lowest BCUT2D eigenvalue weighted by atomic mass is 10.1. The third-order valence-electron chi connectivity index (χ3n) is 4.69. The Morgan fingerprint density at radius 2 is 1.92 bits per heavy atom. The first-order chi connectivity index (χ1) is 12.6. The van der Waals surface area contributed by atoms with E-state index < -0.39 is 18.2 Å². The van der Waals surface area contributed by atoms with Gasteiger partial charge in [0.25, 0.3) is 0 Å². The molecule has 26 heavy (non-hydrogen) atoms. The molecule has 0 fully saturated rings. The maximum atomic E-state index is 12.6. The van der Waals surface area contributed by atoms with Gasteiger partial charge in [-0.3, -0.25) is 4.79 Å². The summed E-state index contributed by atoms with van der Waals surface area (Å²) >= 11 is 0. The summed E-state index contributed by atoms with van der Waals surface area (Å²) in [6.07, 6.45) is -0.0953. The third-order valence-corrected chi connectivity index (χ3v) is 4.69. The number of aromatic nitrogens is 4. The van der Waals surface area contributed by atoms with Crippen molar-refractivity contribution in [2.24, 2.45) is 0 Å². The SMILES string of the molecule is CC(C(=O)NC1c2ccccc2CC1O)n1nnc(-c2ccccc2)n1. The Labute approximate surface area is 150 Å². The number of carbonyl (C=O) groups is 1. The van der Waals surface area contributed by atoms with E-state index in [4.69, 9.17) is 0 Å². The number of amides is 1. The summed E-state index contributed by atoms with van der Waals surface area (Å²) in [6.45, 7) is 1.71. The maximum Gasteiger partial charge on any atom is 0.247 e. The molecule has 3 atom stereocenters. The van der Waals surface area contributed by atoms with Crippen LogP contribution in [0.25, 0.3) is 11.4 Å². The van der Waals surface area contributed by atoms with Gasteiger partial charge in [-0.05, 0) is 23.3 Å². The van der Waals surface area contributed by atoms with E-state index in [9.17, 15) is 9.90 Å². The number of carbonyl (C=O) groups excluding carboxylic acids is 1. The Kier molecular flexibility index (Phi) is 4.22. The molecule has 7 nitrogen and oxygen atoms in total. The second kappa shape index (κ2) is 6.68. The lowest BCUT2D eigenvalue weighted by Crippen LogP contribution is -2.38. The molecule has 0 saturated heterocycles. The molecule has 4 rings (SSSR count). The molecule has 1 aromatic heterocycles. The van der Waals surface area contributed by atoms with Crippen molar-refractivity contribution >= 4 is 5.91 Å². The molecule has 0 aliphatic heterocycles. The largest absolute Gasteiger partial charge is 0.390 e. The van der Waals surface area contributed by atoms with E-state index in [0.717, 1.165) is 16.7 Å². The number of fused-ring (bicyclic) bond motifs is 1. The summed E-state index contributed by atoms with van der Waals surface area (Å²) < 4.78 is 0. The highest BCUT2D eigenvalue weighted by Gasteiger charge is 2.33. The summed E-state index contributed by atoms with van der Waals surface area (Å²) in [7, 11) is 0. The predicted octanol–water partition coefficient (Wildman–Crippen LogP) is 1.68. The zero-order valence-corrected chi connectivity index (χ0v) is 14.3. The summed E-state index contributed by atoms with van der Waals surface area (Å²) in [5.74, 6) is 0.208. The molecular weight excluding hydrogens is 330 g/mol. The van der Waals surface area contributed by atoms with Gasteiger partial charge in [-0.25, -0.2) is 0 Å². The van der Waals surface area contributed by atoms with E-state index in [1.165, 1.54) is 4.80 Å². The molecule has 1 aliphatic carbocycles. The van der Waals surface area contributed by atoms with E-state index in [2.05, 4.69) is 20.7 Å². The smallest absolute Gasteiger partial charge is 0.247 e. The van der Waals surface area contributed by atoms with Crippen LogP contribution in [0, 0.1) is 0 Å². The van der Waals surface area contributed by atoms with E-state index >= 15 is 0 Å². The minimum atomic E-state index is -0.639. The Morgan fingerprint density at radius 3 is 2.73 bits per heavy atom. The van der Waals surface area contributed by atoms with Crippen LogP contribution in [-0.4, -0.2) is 37.3 Å².